The van der Waals surface area contributed by atoms with E-state index in [0.717, 1.165) is 22.7 Å². The summed E-state index contributed by atoms with van der Waals surface area (Å²) in [6, 6.07) is 81.1. The quantitative estimate of drug-likeness (QED) is 0.111. The predicted octanol–water partition coefficient (Wildman–Crippen LogP) is 19.2. The summed E-state index contributed by atoms with van der Waals surface area (Å²) in [4.78, 5) is 7.86. The number of thiophene rings is 1. The highest BCUT2D eigenvalue weighted by atomic mass is 32.1. The van der Waals surface area contributed by atoms with Crippen LogP contribution in [0.4, 0.5) is 51.2 Å². The summed E-state index contributed by atoms with van der Waals surface area (Å²) < 4.78 is 2.69. The van der Waals surface area contributed by atoms with Crippen LogP contribution < -0.4 is 46.0 Å². The average Bonchev–Trinajstić information content (AvgIpc) is 2.18. The molecule has 0 unspecified atom stereocenters. The third-order valence-electron chi connectivity index (χ3n) is 18.7. The molecule has 2 aliphatic rings. The maximum Gasteiger partial charge on any atom is 0.264 e. The molecule has 9 aromatic carbocycles. The van der Waals surface area contributed by atoms with Crippen molar-refractivity contribution in [2.45, 2.75) is 157 Å². The zero-order chi connectivity index (χ0) is 61.3. The number of benzene rings is 9. The summed E-state index contributed by atoms with van der Waals surface area (Å²) in [7, 11) is -3.03. The molecule has 0 N–H and O–H groups in total. The second-order valence-electron chi connectivity index (χ2n) is 30.8. The Morgan fingerprint density at radius 1 is 0.360 bits per heavy atom. The van der Waals surface area contributed by atoms with Crippen LogP contribution >= 0.6 is 11.3 Å². The molecular formula is C80H88BN3SSi. The van der Waals surface area contributed by atoms with Gasteiger partial charge in [-0.25, -0.2) is 0 Å². The maximum atomic E-state index is 2.70. The number of anilines is 9. The summed E-state index contributed by atoms with van der Waals surface area (Å²) >= 11 is 1.99. The van der Waals surface area contributed by atoms with Crippen molar-refractivity contribution in [1.29, 1.82) is 0 Å². The van der Waals surface area contributed by atoms with Gasteiger partial charge in [-0.2, -0.15) is 0 Å². The molecule has 86 heavy (non-hydrogen) atoms. The summed E-state index contributed by atoms with van der Waals surface area (Å²) in [6.07, 6.45) is 0. The van der Waals surface area contributed by atoms with E-state index < -0.39 is 8.07 Å². The van der Waals surface area contributed by atoms with E-state index in [9.17, 15) is 0 Å². The third kappa shape index (κ3) is 10.2. The SMILES string of the molecule is CC(C)(C)c1ccc(N(c2ccc(C(C)(C)C)cc2)c2ccc3c(c2)N(c2ccc(C(C)(C)C)cc2)c2cc([Si](c4ccccc4)(c4ccccc4)C(C)(C)C)cc4c2B3c2sc3ccc(C(C)(C)C)cc3c2N4c2ccc(C(C)(C)C)cc2)cc1. The Morgan fingerprint density at radius 2 is 0.756 bits per heavy atom. The van der Waals surface area contributed by atoms with Crippen molar-refractivity contribution in [3.05, 3.63) is 234 Å². The molecule has 3 nitrogen and oxygen atoms in total. The van der Waals surface area contributed by atoms with Gasteiger partial charge in [0.1, 0.15) is 0 Å². The van der Waals surface area contributed by atoms with Gasteiger partial charge in [0, 0.05) is 60.4 Å². The Balaban J connectivity index is 1.24. The number of fused-ring (bicyclic) bond motifs is 6. The van der Waals surface area contributed by atoms with Gasteiger partial charge in [-0.05, 0) is 171 Å². The lowest BCUT2D eigenvalue weighted by Crippen LogP contribution is -2.72. The van der Waals surface area contributed by atoms with E-state index in [1.807, 2.05) is 11.3 Å². The van der Waals surface area contributed by atoms with Gasteiger partial charge in [0.2, 0.25) is 0 Å². The van der Waals surface area contributed by atoms with Crippen LogP contribution in [0.5, 0.6) is 0 Å². The average molecular weight is 1160 g/mol. The fourth-order valence-corrected chi connectivity index (χ4v) is 20.9. The summed E-state index contributed by atoms with van der Waals surface area (Å²) in [5.41, 5.74) is 19.8. The van der Waals surface area contributed by atoms with Crippen molar-refractivity contribution in [1.82, 2.24) is 0 Å². The van der Waals surface area contributed by atoms with E-state index in [1.165, 1.54) is 97.6 Å². The standard InChI is InChI=1S/C80H88BN3SSi/c1-75(2,3)53-29-38-58(39-30-53)82(59-40-31-54(32-41-59)76(4,5)6)62-46-47-67-68(50-62)83(60-42-33-55(34-43-60)77(7,8)9)69-51-65(86(80(16,17)18,63-25-21-19-22-26-63)64-27-23-20-24-28-64)52-70-72(69)81(67)74-73(66-49-57(79(13,14)15)37-48-71(66)85-74)84(70)61-44-35-56(36-45-61)78(10,11)12/h19-52H,1-18H3. The first-order valence-electron chi connectivity index (χ1n) is 31.3. The molecule has 1 aromatic heterocycles. The minimum atomic E-state index is -3.03. The minimum Gasteiger partial charge on any atom is -0.311 e. The minimum absolute atomic E-state index is 0.0112. The highest BCUT2D eigenvalue weighted by Crippen LogP contribution is 2.51. The Hall–Kier alpha value is -7.38. The van der Waals surface area contributed by atoms with E-state index in [1.54, 1.807) is 0 Å². The van der Waals surface area contributed by atoms with E-state index in [-0.39, 0.29) is 38.8 Å². The number of hydrogen-bond acceptors (Lipinski definition) is 4. The Morgan fingerprint density at radius 3 is 1.19 bits per heavy atom. The van der Waals surface area contributed by atoms with E-state index in [2.05, 4.69) is 346 Å². The number of nitrogens with zero attached hydrogens (tertiary/aromatic N) is 3. The van der Waals surface area contributed by atoms with Crippen molar-refractivity contribution >= 4 is 119 Å². The smallest absolute Gasteiger partial charge is 0.264 e. The molecule has 0 spiro atoms. The van der Waals surface area contributed by atoms with Gasteiger partial charge < -0.3 is 14.7 Å². The van der Waals surface area contributed by atoms with Crippen LogP contribution in [-0.2, 0) is 27.1 Å². The summed E-state index contributed by atoms with van der Waals surface area (Å²) in [5, 5.41) is 5.32. The van der Waals surface area contributed by atoms with Crippen LogP contribution in [0.2, 0.25) is 5.04 Å². The van der Waals surface area contributed by atoms with Crippen LogP contribution in [-0.4, -0.2) is 14.8 Å². The zero-order valence-electron chi connectivity index (χ0n) is 54.5. The molecule has 6 heteroatoms. The molecule has 0 radical (unpaired) electrons. The first-order valence-corrected chi connectivity index (χ1v) is 34.1. The molecule has 0 atom stereocenters. The topological polar surface area (TPSA) is 9.72 Å². The van der Waals surface area contributed by atoms with Crippen molar-refractivity contribution < 1.29 is 0 Å². The van der Waals surface area contributed by atoms with Crippen molar-refractivity contribution in [3.63, 3.8) is 0 Å². The Bertz CT molecular complexity index is 4040. The van der Waals surface area contributed by atoms with Crippen LogP contribution in [0.15, 0.2) is 206 Å². The van der Waals surface area contributed by atoms with Gasteiger partial charge in [-0.15, -0.1) is 11.3 Å². The highest BCUT2D eigenvalue weighted by Gasteiger charge is 2.52. The van der Waals surface area contributed by atoms with Gasteiger partial charge in [-0.1, -0.05) is 246 Å². The summed E-state index contributed by atoms with van der Waals surface area (Å²) in [6.45, 7) is 42.3. The van der Waals surface area contributed by atoms with E-state index in [4.69, 9.17) is 0 Å². The fraction of sp³-hybridized carbons (Fsp3) is 0.300. The molecule has 12 rings (SSSR count). The first-order chi connectivity index (χ1) is 40.4. The van der Waals surface area contributed by atoms with Gasteiger partial charge in [-0.3, -0.25) is 0 Å². The van der Waals surface area contributed by atoms with Crippen LogP contribution in [0, 0.1) is 0 Å². The molecule has 0 fully saturated rings. The lowest BCUT2D eigenvalue weighted by atomic mass is 9.36. The monoisotopic (exact) mass is 1160 g/mol. The van der Waals surface area contributed by atoms with Crippen molar-refractivity contribution in [2.75, 3.05) is 14.7 Å². The Kier molecular flexibility index (Phi) is 14.3. The van der Waals surface area contributed by atoms with E-state index in [0.29, 0.717) is 0 Å². The normalized spacial score (nSPS) is 13.9. The van der Waals surface area contributed by atoms with Gasteiger partial charge in [0.25, 0.3) is 6.71 Å². The van der Waals surface area contributed by atoms with Crippen molar-refractivity contribution in [2.24, 2.45) is 0 Å². The second kappa shape index (κ2) is 20.9. The molecule has 0 bridgehead atoms. The second-order valence-corrected chi connectivity index (χ2v) is 36.6. The molecule has 3 heterocycles. The third-order valence-corrected chi connectivity index (χ3v) is 25.7. The fourth-order valence-electron chi connectivity index (χ4n) is 13.9. The molecule has 0 saturated heterocycles. The van der Waals surface area contributed by atoms with E-state index >= 15 is 0 Å². The van der Waals surface area contributed by atoms with Crippen molar-refractivity contribution in [3.8, 4) is 0 Å². The molecule has 0 amide bonds. The molecule has 0 saturated carbocycles. The predicted molar refractivity (Wildman–Crippen MR) is 381 cm³/mol. The molecule has 0 aliphatic carbocycles. The molecule has 2 aliphatic heterocycles. The molecule has 436 valence electrons. The maximum absolute atomic E-state index is 3.03. The largest absolute Gasteiger partial charge is 0.311 e. The zero-order valence-corrected chi connectivity index (χ0v) is 56.3. The first kappa shape index (κ1) is 59.0. The molecular weight excluding hydrogens is 1070 g/mol. The van der Waals surface area contributed by atoms with Crippen LogP contribution in [0.3, 0.4) is 0 Å². The van der Waals surface area contributed by atoms with Gasteiger partial charge >= 0.3 is 0 Å². The Labute approximate surface area is 520 Å². The van der Waals surface area contributed by atoms with Crippen LogP contribution in [0.25, 0.3) is 10.1 Å². The summed E-state index contributed by atoms with van der Waals surface area (Å²) in [5.74, 6) is 0. The lowest BCUT2D eigenvalue weighted by Gasteiger charge is -2.48. The van der Waals surface area contributed by atoms with Gasteiger partial charge in [0.05, 0.1) is 5.69 Å². The van der Waals surface area contributed by atoms with Gasteiger partial charge in [0.15, 0.2) is 8.07 Å². The van der Waals surface area contributed by atoms with Crippen LogP contribution in [0.1, 0.15) is 152 Å². The highest BCUT2D eigenvalue weighted by molar-refractivity contribution is 7.33. The molecule has 10 aromatic rings. The number of hydrogen-bond donors (Lipinski definition) is 0. The lowest BCUT2D eigenvalue weighted by molar-refractivity contribution is 0.590. The number of rotatable bonds is 8.